The van der Waals surface area contributed by atoms with Crippen molar-refractivity contribution in [2.45, 2.75) is 25.3 Å². The second-order valence-electron chi connectivity index (χ2n) is 5.07. The fourth-order valence-corrected chi connectivity index (χ4v) is 2.76. The molecule has 1 atom stereocenters. The third-order valence-corrected chi connectivity index (χ3v) is 3.79. The Kier molecular flexibility index (Phi) is 3.54. The number of carbonyl (C=O) groups excluding carboxylic acids is 1. The Hall–Kier alpha value is -2.10. The second kappa shape index (κ2) is 5.49. The van der Waals surface area contributed by atoms with Gasteiger partial charge in [-0.1, -0.05) is 12.1 Å². The standard InChI is InChI=1S/C16H16FNO2/c17-14-6-4-12(5-7-14)15-3-1-2-9-18(15)16(19)13-8-10-20-11-13/h4-8,10-11,15H,1-3,9H2/t15-/m1/s1. The third kappa shape index (κ3) is 2.46. The highest BCUT2D eigenvalue weighted by molar-refractivity contribution is 5.94. The fraction of sp³-hybridized carbons (Fsp3) is 0.312. The van der Waals surface area contributed by atoms with Crippen LogP contribution < -0.4 is 0 Å². The van der Waals surface area contributed by atoms with Gasteiger partial charge < -0.3 is 9.32 Å². The molecule has 4 heteroatoms. The lowest BCUT2D eigenvalue weighted by molar-refractivity contribution is 0.0611. The van der Waals surface area contributed by atoms with Gasteiger partial charge in [-0.05, 0) is 43.0 Å². The summed E-state index contributed by atoms with van der Waals surface area (Å²) in [5, 5.41) is 0. The Bertz CT molecular complexity index is 577. The number of benzene rings is 1. The zero-order valence-electron chi connectivity index (χ0n) is 11.1. The van der Waals surface area contributed by atoms with Crippen LogP contribution in [0.1, 0.15) is 41.2 Å². The van der Waals surface area contributed by atoms with Crippen molar-refractivity contribution in [1.82, 2.24) is 4.90 Å². The van der Waals surface area contributed by atoms with Crippen molar-refractivity contribution in [2.75, 3.05) is 6.54 Å². The Balaban J connectivity index is 1.87. The Morgan fingerprint density at radius 1 is 1.20 bits per heavy atom. The monoisotopic (exact) mass is 273 g/mol. The van der Waals surface area contributed by atoms with Gasteiger partial charge in [0.1, 0.15) is 12.1 Å². The first-order valence-corrected chi connectivity index (χ1v) is 6.84. The summed E-state index contributed by atoms with van der Waals surface area (Å²) in [6.07, 6.45) is 5.97. The molecule has 1 aliphatic rings. The summed E-state index contributed by atoms with van der Waals surface area (Å²) < 4.78 is 18.0. The lowest BCUT2D eigenvalue weighted by atomic mass is 9.94. The van der Waals surface area contributed by atoms with Crippen LogP contribution in [0.3, 0.4) is 0 Å². The maximum absolute atomic E-state index is 13.0. The van der Waals surface area contributed by atoms with E-state index in [-0.39, 0.29) is 17.8 Å². The van der Waals surface area contributed by atoms with E-state index in [0.29, 0.717) is 5.56 Å². The molecule has 0 unspecified atom stereocenters. The van der Waals surface area contributed by atoms with Crippen molar-refractivity contribution in [3.8, 4) is 0 Å². The minimum absolute atomic E-state index is 0.0201. The van der Waals surface area contributed by atoms with Crippen molar-refractivity contribution >= 4 is 5.91 Å². The largest absolute Gasteiger partial charge is 0.472 e. The smallest absolute Gasteiger partial charge is 0.257 e. The predicted molar refractivity (Wildman–Crippen MR) is 72.7 cm³/mol. The van der Waals surface area contributed by atoms with Gasteiger partial charge in [0.25, 0.3) is 5.91 Å². The van der Waals surface area contributed by atoms with E-state index in [9.17, 15) is 9.18 Å². The topological polar surface area (TPSA) is 33.5 Å². The van der Waals surface area contributed by atoms with Gasteiger partial charge in [0.15, 0.2) is 0 Å². The SMILES string of the molecule is O=C(c1ccoc1)N1CCCC[C@@H]1c1ccc(F)cc1. The highest BCUT2D eigenvalue weighted by atomic mass is 19.1. The first-order valence-electron chi connectivity index (χ1n) is 6.84. The van der Waals surface area contributed by atoms with Gasteiger partial charge in [-0.15, -0.1) is 0 Å². The van der Waals surface area contributed by atoms with Gasteiger partial charge in [0.2, 0.25) is 0 Å². The molecule has 1 aromatic carbocycles. The van der Waals surface area contributed by atoms with E-state index in [2.05, 4.69) is 0 Å². The van der Waals surface area contributed by atoms with Crippen LogP contribution in [0.15, 0.2) is 47.3 Å². The van der Waals surface area contributed by atoms with Crippen LogP contribution in [0.5, 0.6) is 0 Å². The summed E-state index contributed by atoms with van der Waals surface area (Å²) in [5.74, 6) is -0.273. The molecule has 20 heavy (non-hydrogen) atoms. The number of hydrogen-bond donors (Lipinski definition) is 0. The lowest BCUT2D eigenvalue weighted by Crippen LogP contribution is -2.38. The van der Waals surface area contributed by atoms with Crippen LogP contribution >= 0.6 is 0 Å². The number of hydrogen-bond acceptors (Lipinski definition) is 2. The molecule has 0 saturated carbocycles. The van der Waals surface area contributed by atoms with E-state index < -0.39 is 0 Å². The van der Waals surface area contributed by atoms with Crippen molar-refractivity contribution in [1.29, 1.82) is 0 Å². The molecule has 1 amide bonds. The summed E-state index contributed by atoms with van der Waals surface area (Å²) in [7, 11) is 0. The zero-order valence-corrected chi connectivity index (χ0v) is 11.1. The number of rotatable bonds is 2. The average Bonchev–Trinajstić information content (AvgIpc) is 3.02. The Labute approximate surface area is 117 Å². The number of carbonyl (C=O) groups is 1. The van der Waals surface area contributed by atoms with Crippen LogP contribution in [0.4, 0.5) is 4.39 Å². The molecule has 1 saturated heterocycles. The lowest BCUT2D eigenvalue weighted by Gasteiger charge is -2.36. The number of piperidine rings is 1. The van der Waals surface area contributed by atoms with Gasteiger partial charge in [-0.2, -0.15) is 0 Å². The number of halogens is 1. The molecule has 2 aromatic rings. The molecule has 1 aromatic heterocycles. The fourth-order valence-electron chi connectivity index (χ4n) is 2.76. The van der Waals surface area contributed by atoms with Gasteiger partial charge in [0, 0.05) is 6.54 Å². The summed E-state index contributed by atoms with van der Waals surface area (Å²) in [6.45, 7) is 0.728. The first-order chi connectivity index (χ1) is 9.75. The number of amides is 1. The number of furan rings is 1. The number of likely N-dealkylation sites (tertiary alicyclic amines) is 1. The van der Waals surface area contributed by atoms with E-state index in [1.807, 2.05) is 4.90 Å². The minimum Gasteiger partial charge on any atom is -0.472 e. The molecular weight excluding hydrogens is 257 g/mol. The van der Waals surface area contributed by atoms with E-state index in [0.717, 1.165) is 31.4 Å². The molecule has 3 nitrogen and oxygen atoms in total. The van der Waals surface area contributed by atoms with E-state index in [4.69, 9.17) is 4.42 Å². The zero-order chi connectivity index (χ0) is 13.9. The molecule has 1 aliphatic heterocycles. The molecule has 3 rings (SSSR count). The normalized spacial score (nSPS) is 19.1. The number of nitrogens with zero attached hydrogens (tertiary/aromatic N) is 1. The molecule has 0 radical (unpaired) electrons. The molecule has 0 N–H and O–H groups in total. The van der Waals surface area contributed by atoms with Gasteiger partial charge in [-0.25, -0.2) is 4.39 Å². The van der Waals surface area contributed by atoms with Crippen LogP contribution in [0, 0.1) is 5.82 Å². The van der Waals surface area contributed by atoms with Crippen LogP contribution in [-0.2, 0) is 0 Å². The highest BCUT2D eigenvalue weighted by Crippen LogP contribution is 2.32. The van der Waals surface area contributed by atoms with Crippen LogP contribution in [-0.4, -0.2) is 17.4 Å². The highest BCUT2D eigenvalue weighted by Gasteiger charge is 2.29. The van der Waals surface area contributed by atoms with Crippen molar-refractivity contribution in [2.24, 2.45) is 0 Å². The molecule has 2 heterocycles. The van der Waals surface area contributed by atoms with Gasteiger partial charge in [0.05, 0.1) is 17.9 Å². The molecular formula is C16H16FNO2. The molecule has 0 aliphatic carbocycles. The molecule has 0 spiro atoms. The minimum atomic E-state index is -0.253. The molecule has 104 valence electrons. The van der Waals surface area contributed by atoms with Crippen molar-refractivity contribution < 1.29 is 13.6 Å². The van der Waals surface area contributed by atoms with E-state index >= 15 is 0 Å². The Morgan fingerprint density at radius 3 is 2.70 bits per heavy atom. The van der Waals surface area contributed by atoms with Crippen LogP contribution in [0.25, 0.3) is 0 Å². The predicted octanol–water partition coefficient (Wildman–Crippen LogP) is 3.79. The van der Waals surface area contributed by atoms with Crippen molar-refractivity contribution in [3.63, 3.8) is 0 Å². The first kappa shape index (κ1) is 12.9. The molecule has 1 fully saturated rings. The summed E-state index contributed by atoms with van der Waals surface area (Å²) in [6, 6.07) is 8.13. The van der Waals surface area contributed by atoms with E-state index in [1.54, 1.807) is 18.2 Å². The summed E-state index contributed by atoms with van der Waals surface area (Å²) in [4.78, 5) is 14.4. The maximum atomic E-state index is 13.0. The van der Waals surface area contributed by atoms with Crippen LogP contribution in [0.2, 0.25) is 0 Å². The summed E-state index contributed by atoms with van der Waals surface area (Å²) in [5.41, 5.74) is 1.56. The Morgan fingerprint density at radius 2 is 2.00 bits per heavy atom. The van der Waals surface area contributed by atoms with E-state index in [1.165, 1.54) is 24.7 Å². The quantitative estimate of drug-likeness (QED) is 0.834. The third-order valence-electron chi connectivity index (χ3n) is 3.79. The molecule has 0 bridgehead atoms. The van der Waals surface area contributed by atoms with Gasteiger partial charge in [-0.3, -0.25) is 4.79 Å². The second-order valence-corrected chi connectivity index (χ2v) is 5.07. The summed E-state index contributed by atoms with van der Waals surface area (Å²) >= 11 is 0. The van der Waals surface area contributed by atoms with Gasteiger partial charge >= 0.3 is 0 Å². The maximum Gasteiger partial charge on any atom is 0.257 e. The van der Waals surface area contributed by atoms with Crippen molar-refractivity contribution in [3.05, 3.63) is 59.8 Å². The average molecular weight is 273 g/mol.